The standard InChI is InChI=1S/C26H35F2N5O3/c1-4-16(2)35-26(34)32-9-7-18(8-10-32)17(3)36-20-12-30-25(31-13-20)33-14-22(24(29)15-33)21-11-19(27)5-6-23(21)28/h5-6,11-13,16-18,22,24H,4,7-10,14-15,29H2,1-3H3/t16-,17-,22+,24-/m0/s1. The zero-order chi connectivity index (χ0) is 25.8. The van der Waals surface area contributed by atoms with E-state index < -0.39 is 11.6 Å². The number of hydrogen-bond acceptors (Lipinski definition) is 7. The average Bonchev–Trinajstić information content (AvgIpc) is 3.27. The summed E-state index contributed by atoms with van der Waals surface area (Å²) in [6, 6.07) is 3.08. The summed E-state index contributed by atoms with van der Waals surface area (Å²) in [5, 5.41) is 0. The molecule has 0 bridgehead atoms. The minimum Gasteiger partial charge on any atom is -0.487 e. The Morgan fingerprint density at radius 3 is 2.53 bits per heavy atom. The number of carbonyl (C=O) groups excluding carboxylic acids is 1. The molecule has 2 aliphatic rings. The molecule has 2 aliphatic heterocycles. The van der Waals surface area contributed by atoms with Crippen LogP contribution in [0.15, 0.2) is 30.6 Å². The van der Waals surface area contributed by atoms with E-state index in [1.807, 2.05) is 25.7 Å². The predicted molar refractivity (Wildman–Crippen MR) is 132 cm³/mol. The van der Waals surface area contributed by atoms with E-state index in [-0.39, 0.29) is 35.8 Å². The molecular weight excluding hydrogens is 468 g/mol. The van der Waals surface area contributed by atoms with Crippen LogP contribution in [-0.4, -0.2) is 65.4 Å². The van der Waals surface area contributed by atoms with Crippen molar-refractivity contribution in [2.24, 2.45) is 11.7 Å². The quantitative estimate of drug-likeness (QED) is 0.608. The zero-order valence-corrected chi connectivity index (χ0v) is 21.1. The van der Waals surface area contributed by atoms with Crippen LogP contribution in [0.4, 0.5) is 19.5 Å². The lowest BCUT2D eigenvalue weighted by Crippen LogP contribution is -2.42. The lowest BCUT2D eigenvalue weighted by atomic mass is 9.92. The minimum absolute atomic E-state index is 0.0623. The first-order valence-corrected chi connectivity index (χ1v) is 12.6. The maximum atomic E-state index is 14.3. The molecule has 36 heavy (non-hydrogen) atoms. The van der Waals surface area contributed by atoms with Crippen molar-refractivity contribution in [2.45, 2.75) is 64.2 Å². The lowest BCUT2D eigenvalue weighted by molar-refractivity contribution is 0.0442. The number of ether oxygens (including phenoxy) is 2. The summed E-state index contributed by atoms with van der Waals surface area (Å²) in [5.41, 5.74) is 6.53. The summed E-state index contributed by atoms with van der Waals surface area (Å²) in [7, 11) is 0. The second kappa shape index (κ2) is 11.4. The molecule has 10 heteroatoms. The topological polar surface area (TPSA) is 93.8 Å². The number of rotatable bonds is 7. The first kappa shape index (κ1) is 26.1. The molecule has 0 aliphatic carbocycles. The molecule has 196 valence electrons. The van der Waals surface area contributed by atoms with Crippen LogP contribution < -0.4 is 15.4 Å². The molecule has 0 saturated carbocycles. The van der Waals surface area contributed by atoms with Crippen LogP contribution in [0.3, 0.4) is 0 Å². The Balaban J connectivity index is 1.29. The van der Waals surface area contributed by atoms with Gasteiger partial charge in [-0.1, -0.05) is 6.92 Å². The highest BCUT2D eigenvalue weighted by molar-refractivity contribution is 5.67. The number of hydrogen-bond donors (Lipinski definition) is 1. The number of nitrogens with two attached hydrogens (primary N) is 1. The molecular formula is C26H35F2N5O3. The van der Waals surface area contributed by atoms with Gasteiger partial charge in [0.25, 0.3) is 0 Å². The summed E-state index contributed by atoms with van der Waals surface area (Å²) in [6.45, 7) is 8.03. The van der Waals surface area contributed by atoms with Crippen molar-refractivity contribution < 1.29 is 23.0 Å². The highest BCUT2D eigenvalue weighted by atomic mass is 19.1. The van der Waals surface area contributed by atoms with E-state index >= 15 is 0 Å². The maximum Gasteiger partial charge on any atom is 0.410 e. The average molecular weight is 504 g/mol. The normalized spacial score (nSPS) is 22.4. The molecule has 0 spiro atoms. The van der Waals surface area contributed by atoms with Crippen LogP contribution in [0.5, 0.6) is 5.75 Å². The van der Waals surface area contributed by atoms with E-state index in [1.165, 1.54) is 6.07 Å². The predicted octanol–water partition coefficient (Wildman–Crippen LogP) is 4.10. The first-order chi connectivity index (χ1) is 17.2. The van der Waals surface area contributed by atoms with Gasteiger partial charge >= 0.3 is 6.09 Å². The Hall–Kier alpha value is -3.01. The summed E-state index contributed by atoms with van der Waals surface area (Å²) < 4.78 is 39.4. The van der Waals surface area contributed by atoms with Crippen LogP contribution in [-0.2, 0) is 4.74 Å². The molecule has 4 rings (SSSR count). The molecule has 4 atom stereocenters. The summed E-state index contributed by atoms with van der Waals surface area (Å²) in [5.74, 6) is 0.0274. The summed E-state index contributed by atoms with van der Waals surface area (Å²) in [4.78, 5) is 24.7. The summed E-state index contributed by atoms with van der Waals surface area (Å²) >= 11 is 0. The molecule has 1 aromatic heterocycles. The van der Waals surface area contributed by atoms with Crippen molar-refractivity contribution in [1.82, 2.24) is 14.9 Å². The van der Waals surface area contributed by atoms with E-state index in [9.17, 15) is 13.6 Å². The fraction of sp³-hybridized carbons (Fsp3) is 0.577. The number of likely N-dealkylation sites (tertiary alicyclic amines) is 1. The zero-order valence-electron chi connectivity index (χ0n) is 21.1. The van der Waals surface area contributed by atoms with E-state index in [4.69, 9.17) is 15.2 Å². The Labute approximate surface area is 210 Å². The van der Waals surface area contributed by atoms with Gasteiger partial charge in [0.05, 0.1) is 18.5 Å². The third-order valence-electron chi connectivity index (χ3n) is 7.28. The Bertz CT molecular complexity index is 1030. The van der Waals surface area contributed by atoms with Gasteiger partial charge in [0.1, 0.15) is 17.7 Å². The molecule has 2 N–H and O–H groups in total. The van der Waals surface area contributed by atoms with Crippen LogP contribution >= 0.6 is 0 Å². The third-order valence-corrected chi connectivity index (χ3v) is 7.28. The fourth-order valence-electron chi connectivity index (χ4n) is 4.85. The van der Waals surface area contributed by atoms with Crippen molar-refractivity contribution in [3.05, 3.63) is 47.8 Å². The van der Waals surface area contributed by atoms with Gasteiger partial charge in [-0.05, 0) is 62.8 Å². The maximum absolute atomic E-state index is 14.3. The summed E-state index contributed by atoms with van der Waals surface area (Å²) in [6.07, 6.45) is 5.32. The molecule has 3 heterocycles. The SMILES string of the molecule is CC[C@H](C)OC(=O)N1CCC([C@H](C)Oc2cnc(N3C[C@H](c4cc(F)ccc4F)[C@@H](N)C3)nc2)CC1. The Morgan fingerprint density at radius 2 is 1.86 bits per heavy atom. The van der Waals surface area contributed by atoms with Crippen molar-refractivity contribution in [3.63, 3.8) is 0 Å². The number of benzene rings is 1. The number of nitrogens with zero attached hydrogens (tertiary/aromatic N) is 4. The molecule has 0 radical (unpaired) electrons. The number of halogens is 2. The number of piperidine rings is 1. The first-order valence-electron chi connectivity index (χ1n) is 12.6. The van der Waals surface area contributed by atoms with Crippen LogP contribution in [0.25, 0.3) is 0 Å². The molecule has 1 amide bonds. The van der Waals surface area contributed by atoms with Gasteiger partial charge in [-0.15, -0.1) is 0 Å². The number of anilines is 1. The van der Waals surface area contributed by atoms with E-state index in [1.54, 1.807) is 17.3 Å². The van der Waals surface area contributed by atoms with Crippen molar-refractivity contribution >= 4 is 12.0 Å². The Morgan fingerprint density at radius 1 is 1.17 bits per heavy atom. The molecule has 8 nitrogen and oxygen atoms in total. The highest BCUT2D eigenvalue weighted by Gasteiger charge is 2.34. The molecule has 2 aromatic rings. The monoisotopic (exact) mass is 503 g/mol. The smallest absolute Gasteiger partial charge is 0.410 e. The van der Waals surface area contributed by atoms with E-state index in [0.29, 0.717) is 43.8 Å². The van der Waals surface area contributed by atoms with Gasteiger partial charge in [-0.2, -0.15) is 0 Å². The number of aromatic nitrogens is 2. The van der Waals surface area contributed by atoms with Gasteiger partial charge in [0.15, 0.2) is 5.75 Å². The highest BCUT2D eigenvalue weighted by Crippen LogP contribution is 2.31. The van der Waals surface area contributed by atoms with Gasteiger partial charge in [-0.3, -0.25) is 0 Å². The van der Waals surface area contributed by atoms with Crippen molar-refractivity contribution in [1.29, 1.82) is 0 Å². The van der Waals surface area contributed by atoms with Crippen molar-refractivity contribution in [3.8, 4) is 5.75 Å². The van der Waals surface area contributed by atoms with Gasteiger partial charge < -0.3 is 25.0 Å². The second-order valence-corrected chi connectivity index (χ2v) is 9.81. The van der Waals surface area contributed by atoms with Gasteiger partial charge in [0, 0.05) is 38.1 Å². The third kappa shape index (κ3) is 6.03. The molecule has 1 aromatic carbocycles. The largest absolute Gasteiger partial charge is 0.487 e. The van der Waals surface area contributed by atoms with Gasteiger partial charge in [0.2, 0.25) is 5.95 Å². The van der Waals surface area contributed by atoms with Crippen LogP contribution in [0.1, 0.15) is 51.5 Å². The Kier molecular flexibility index (Phi) is 8.23. The fourth-order valence-corrected chi connectivity index (χ4v) is 4.85. The lowest BCUT2D eigenvalue weighted by Gasteiger charge is -2.34. The molecule has 2 saturated heterocycles. The minimum atomic E-state index is -0.486. The van der Waals surface area contributed by atoms with E-state index in [2.05, 4.69) is 9.97 Å². The number of amides is 1. The van der Waals surface area contributed by atoms with Gasteiger partial charge in [-0.25, -0.2) is 23.5 Å². The van der Waals surface area contributed by atoms with E-state index in [0.717, 1.165) is 31.4 Å². The van der Waals surface area contributed by atoms with Crippen molar-refractivity contribution in [2.75, 3.05) is 31.1 Å². The molecule has 0 unspecified atom stereocenters. The number of carbonyl (C=O) groups is 1. The molecule has 2 fully saturated rings. The van der Waals surface area contributed by atoms with Crippen LogP contribution in [0, 0.1) is 17.6 Å². The second-order valence-electron chi connectivity index (χ2n) is 9.81. The van der Waals surface area contributed by atoms with Crippen LogP contribution in [0.2, 0.25) is 0 Å².